The molecular weight excluding hydrogens is 336 g/mol. The molecule has 0 bridgehead atoms. The lowest BCUT2D eigenvalue weighted by Gasteiger charge is -2.14. The molecule has 0 saturated carbocycles. The second-order valence-electron chi connectivity index (χ2n) is 7.22. The molecule has 2 aromatic rings. The predicted molar refractivity (Wildman–Crippen MR) is 110 cm³/mol. The van der Waals surface area contributed by atoms with Gasteiger partial charge in [0, 0.05) is 17.9 Å². The third-order valence-electron chi connectivity index (χ3n) is 4.92. The lowest BCUT2D eigenvalue weighted by molar-refractivity contribution is 0.102. The zero-order chi connectivity index (χ0) is 19.2. The van der Waals surface area contributed by atoms with E-state index in [9.17, 15) is 4.79 Å². The van der Waals surface area contributed by atoms with E-state index in [1.165, 1.54) is 31.3 Å². The molecule has 1 aromatic heterocycles. The van der Waals surface area contributed by atoms with E-state index in [0.29, 0.717) is 11.6 Å². The Bertz CT molecular complexity index is 837. The molecule has 3 rings (SSSR count). The fourth-order valence-corrected chi connectivity index (χ4v) is 3.42. The average Bonchev–Trinajstić information content (AvgIpc) is 2.65. The number of hydrogen-bond donors (Lipinski definition) is 2. The maximum atomic E-state index is 12.7. The van der Waals surface area contributed by atoms with Gasteiger partial charge in [0.25, 0.3) is 5.91 Å². The van der Waals surface area contributed by atoms with Crippen LogP contribution in [-0.4, -0.2) is 22.4 Å². The Morgan fingerprint density at radius 2 is 1.89 bits per heavy atom. The molecule has 0 unspecified atom stereocenters. The molecule has 5 nitrogen and oxygen atoms in total. The van der Waals surface area contributed by atoms with Crippen LogP contribution in [0.1, 0.15) is 59.4 Å². The standard InChI is InChI=1S/C22H28N4O/c1-15-8-7-9-16(2)20(15)26-21(27)19-14-17(3)24-22(25-19)23-13-12-18-10-5-4-6-11-18/h7-10,14H,4-6,11-13H2,1-3H3,(H,26,27)(H,23,24,25). The number of nitrogens with one attached hydrogen (secondary N) is 2. The Balaban J connectivity index is 1.67. The van der Waals surface area contributed by atoms with Gasteiger partial charge in [-0.3, -0.25) is 4.79 Å². The van der Waals surface area contributed by atoms with Crippen molar-refractivity contribution >= 4 is 17.5 Å². The van der Waals surface area contributed by atoms with Crippen molar-refractivity contribution in [2.75, 3.05) is 17.2 Å². The van der Waals surface area contributed by atoms with Gasteiger partial charge in [-0.25, -0.2) is 9.97 Å². The fourth-order valence-electron chi connectivity index (χ4n) is 3.42. The summed E-state index contributed by atoms with van der Waals surface area (Å²) in [6.07, 6.45) is 8.33. The first-order valence-electron chi connectivity index (χ1n) is 9.68. The van der Waals surface area contributed by atoms with E-state index in [0.717, 1.165) is 35.5 Å². The molecule has 1 aliphatic carbocycles. The van der Waals surface area contributed by atoms with Gasteiger partial charge in [0.1, 0.15) is 5.69 Å². The van der Waals surface area contributed by atoms with Crippen LogP contribution in [0.15, 0.2) is 35.9 Å². The summed E-state index contributed by atoms with van der Waals surface area (Å²) in [6.45, 7) is 6.64. The SMILES string of the molecule is Cc1cc(C(=O)Nc2c(C)cccc2C)nc(NCCC2=CCCCC2)n1. The third kappa shape index (κ3) is 5.16. The first kappa shape index (κ1) is 19.1. The largest absolute Gasteiger partial charge is 0.354 e. The maximum absolute atomic E-state index is 12.7. The number of allylic oxidation sites excluding steroid dienone is 1. The zero-order valence-electron chi connectivity index (χ0n) is 16.4. The minimum atomic E-state index is -0.212. The number of carbonyl (C=O) groups excluding carboxylic acids is 1. The molecule has 0 aliphatic heterocycles. The molecule has 1 aliphatic rings. The van der Waals surface area contributed by atoms with Gasteiger partial charge >= 0.3 is 0 Å². The van der Waals surface area contributed by atoms with Crippen LogP contribution < -0.4 is 10.6 Å². The normalized spacial score (nSPS) is 13.8. The fraction of sp³-hybridized carbons (Fsp3) is 0.409. The van der Waals surface area contributed by atoms with Crippen LogP contribution in [0.3, 0.4) is 0 Å². The molecule has 1 amide bonds. The van der Waals surface area contributed by atoms with Crippen LogP contribution in [-0.2, 0) is 0 Å². The molecule has 0 spiro atoms. The van der Waals surface area contributed by atoms with E-state index < -0.39 is 0 Å². The van der Waals surface area contributed by atoms with E-state index >= 15 is 0 Å². The highest BCUT2D eigenvalue weighted by Crippen LogP contribution is 2.21. The first-order valence-corrected chi connectivity index (χ1v) is 9.68. The molecule has 1 aromatic carbocycles. The van der Waals surface area contributed by atoms with Crippen LogP contribution in [0.2, 0.25) is 0 Å². The first-order chi connectivity index (χ1) is 13.0. The Labute approximate surface area is 161 Å². The second kappa shape index (κ2) is 8.80. The molecule has 0 saturated heterocycles. The van der Waals surface area contributed by atoms with E-state index in [2.05, 4.69) is 26.7 Å². The number of carbonyl (C=O) groups is 1. The highest BCUT2D eigenvalue weighted by molar-refractivity contribution is 6.03. The molecule has 0 fully saturated rings. The van der Waals surface area contributed by atoms with Gasteiger partial charge in [-0.1, -0.05) is 29.8 Å². The van der Waals surface area contributed by atoms with Crippen molar-refractivity contribution in [1.82, 2.24) is 9.97 Å². The van der Waals surface area contributed by atoms with Crippen LogP contribution in [0.4, 0.5) is 11.6 Å². The van der Waals surface area contributed by atoms with Crippen LogP contribution in [0, 0.1) is 20.8 Å². The van der Waals surface area contributed by atoms with Gasteiger partial charge < -0.3 is 10.6 Å². The molecule has 5 heteroatoms. The second-order valence-corrected chi connectivity index (χ2v) is 7.22. The van der Waals surface area contributed by atoms with Gasteiger partial charge in [-0.15, -0.1) is 0 Å². The summed E-state index contributed by atoms with van der Waals surface area (Å²) in [4.78, 5) is 21.5. The highest BCUT2D eigenvalue weighted by Gasteiger charge is 2.13. The maximum Gasteiger partial charge on any atom is 0.274 e. The summed E-state index contributed by atoms with van der Waals surface area (Å²) in [6, 6.07) is 7.68. The number of para-hydroxylation sites is 1. The third-order valence-corrected chi connectivity index (χ3v) is 4.92. The highest BCUT2D eigenvalue weighted by atomic mass is 16.1. The van der Waals surface area contributed by atoms with Gasteiger partial charge in [0.15, 0.2) is 0 Å². The summed E-state index contributed by atoms with van der Waals surface area (Å²) in [5.74, 6) is 0.300. The smallest absolute Gasteiger partial charge is 0.274 e. The van der Waals surface area contributed by atoms with Crippen molar-refractivity contribution in [2.45, 2.75) is 52.9 Å². The Morgan fingerprint density at radius 1 is 1.11 bits per heavy atom. The molecule has 142 valence electrons. The van der Waals surface area contributed by atoms with Gasteiger partial charge in [-0.2, -0.15) is 0 Å². The van der Waals surface area contributed by atoms with Crippen LogP contribution >= 0.6 is 0 Å². The molecular formula is C22H28N4O. The van der Waals surface area contributed by atoms with Crippen molar-refractivity contribution < 1.29 is 4.79 Å². The van der Waals surface area contributed by atoms with E-state index in [1.807, 2.05) is 39.0 Å². The van der Waals surface area contributed by atoms with Gasteiger partial charge in [-0.05, 0) is 70.1 Å². The summed E-state index contributed by atoms with van der Waals surface area (Å²) >= 11 is 0. The number of amides is 1. The molecule has 0 atom stereocenters. The Kier molecular flexibility index (Phi) is 6.22. The van der Waals surface area contributed by atoms with Gasteiger partial charge in [0.05, 0.1) is 0 Å². The summed E-state index contributed by atoms with van der Waals surface area (Å²) in [7, 11) is 0. The molecule has 1 heterocycles. The van der Waals surface area contributed by atoms with Crippen molar-refractivity contribution in [3.05, 3.63) is 58.4 Å². The van der Waals surface area contributed by atoms with Crippen molar-refractivity contribution in [1.29, 1.82) is 0 Å². The number of benzene rings is 1. The molecule has 2 N–H and O–H groups in total. The number of anilines is 2. The monoisotopic (exact) mass is 364 g/mol. The Morgan fingerprint density at radius 3 is 2.59 bits per heavy atom. The molecule has 0 radical (unpaired) electrons. The van der Waals surface area contributed by atoms with Crippen LogP contribution in [0.5, 0.6) is 0 Å². The zero-order valence-corrected chi connectivity index (χ0v) is 16.4. The molecule has 27 heavy (non-hydrogen) atoms. The number of hydrogen-bond acceptors (Lipinski definition) is 4. The van der Waals surface area contributed by atoms with Crippen molar-refractivity contribution in [3.8, 4) is 0 Å². The predicted octanol–water partition coefficient (Wildman–Crippen LogP) is 4.96. The van der Waals surface area contributed by atoms with E-state index in [-0.39, 0.29) is 5.91 Å². The minimum Gasteiger partial charge on any atom is -0.354 e. The number of aromatic nitrogens is 2. The van der Waals surface area contributed by atoms with E-state index in [1.54, 1.807) is 6.07 Å². The van der Waals surface area contributed by atoms with Gasteiger partial charge in [0.2, 0.25) is 5.95 Å². The summed E-state index contributed by atoms with van der Waals surface area (Å²) in [5.41, 5.74) is 5.58. The number of rotatable bonds is 6. The number of nitrogens with zero attached hydrogens (tertiary/aromatic N) is 2. The van der Waals surface area contributed by atoms with Crippen molar-refractivity contribution in [2.24, 2.45) is 0 Å². The number of aryl methyl sites for hydroxylation is 3. The quantitative estimate of drug-likeness (QED) is 0.711. The van der Waals surface area contributed by atoms with Crippen LogP contribution in [0.25, 0.3) is 0 Å². The van der Waals surface area contributed by atoms with Crippen molar-refractivity contribution in [3.63, 3.8) is 0 Å². The van der Waals surface area contributed by atoms with E-state index in [4.69, 9.17) is 0 Å². The average molecular weight is 364 g/mol. The summed E-state index contributed by atoms with van der Waals surface area (Å²) < 4.78 is 0. The Hall–Kier alpha value is -2.69. The minimum absolute atomic E-state index is 0.212. The summed E-state index contributed by atoms with van der Waals surface area (Å²) in [5, 5.41) is 6.26. The lowest BCUT2D eigenvalue weighted by atomic mass is 9.97. The lowest BCUT2D eigenvalue weighted by Crippen LogP contribution is -2.17. The topological polar surface area (TPSA) is 66.9 Å².